The van der Waals surface area contributed by atoms with E-state index < -0.39 is 5.82 Å². The summed E-state index contributed by atoms with van der Waals surface area (Å²) in [5, 5.41) is 3.87. The first kappa shape index (κ1) is 17.2. The lowest BCUT2D eigenvalue weighted by atomic mass is 10.1. The van der Waals surface area contributed by atoms with E-state index in [2.05, 4.69) is 10.1 Å². The predicted octanol–water partition coefficient (Wildman–Crippen LogP) is 3.79. The van der Waals surface area contributed by atoms with Crippen LogP contribution in [-0.4, -0.2) is 29.2 Å². The molecule has 138 valence electrons. The quantitative estimate of drug-likeness (QED) is 0.686. The highest BCUT2D eigenvalue weighted by atomic mass is 19.1. The minimum absolute atomic E-state index is 0.0187. The average Bonchev–Trinajstić information content (AvgIpc) is 3.30. The van der Waals surface area contributed by atoms with Gasteiger partial charge in [-0.2, -0.15) is 4.98 Å². The number of amides is 1. The minimum atomic E-state index is -0.414. The van der Waals surface area contributed by atoms with Crippen LogP contribution < -0.4 is 9.64 Å². The van der Waals surface area contributed by atoms with Crippen LogP contribution in [0.1, 0.15) is 25.2 Å². The highest BCUT2D eigenvalue weighted by Crippen LogP contribution is 2.33. The van der Waals surface area contributed by atoms with Crippen molar-refractivity contribution in [1.29, 1.82) is 0 Å². The summed E-state index contributed by atoms with van der Waals surface area (Å²) >= 11 is 0. The first-order valence-corrected chi connectivity index (χ1v) is 8.77. The second-order valence-corrected chi connectivity index (χ2v) is 6.27. The molecule has 1 atom stereocenters. The third-order valence-electron chi connectivity index (χ3n) is 4.49. The summed E-state index contributed by atoms with van der Waals surface area (Å²) in [5.41, 5.74) is 1.07. The van der Waals surface area contributed by atoms with E-state index in [0.29, 0.717) is 19.0 Å². The maximum absolute atomic E-state index is 13.9. The van der Waals surface area contributed by atoms with Gasteiger partial charge in [0.15, 0.2) is 0 Å². The van der Waals surface area contributed by atoms with Crippen LogP contribution in [0.5, 0.6) is 5.75 Å². The topological polar surface area (TPSA) is 68.5 Å². The van der Waals surface area contributed by atoms with Gasteiger partial charge < -0.3 is 14.2 Å². The van der Waals surface area contributed by atoms with Crippen LogP contribution in [0.4, 0.5) is 10.1 Å². The molecule has 0 radical (unpaired) electrons. The Hall–Kier alpha value is -3.22. The molecule has 0 bridgehead atoms. The molecule has 6 nitrogen and oxygen atoms in total. The molecule has 1 saturated heterocycles. The van der Waals surface area contributed by atoms with Gasteiger partial charge in [0, 0.05) is 18.7 Å². The summed E-state index contributed by atoms with van der Waals surface area (Å²) in [5.74, 6) is 0.635. The Bertz CT molecular complexity index is 955. The number of carbonyl (C=O) groups is 1. The zero-order valence-electron chi connectivity index (χ0n) is 14.8. The van der Waals surface area contributed by atoms with E-state index in [4.69, 9.17) is 9.26 Å². The Morgan fingerprint density at radius 1 is 1.22 bits per heavy atom. The zero-order chi connectivity index (χ0) is 18.8. The number of ether oxygens (including phenoxy) is 1. The molecule has 4 rings (SSSR count). The van der Waals surface area contributed by atoms with Crippen molar-refractivity contribution >= 4 is 11.6 Å². The second-order valence-electron chi connectivity index (χ2n) is 6.27. The summed E-state index contributed by atoms with van der Waals surface area (Å²) < 4.78 is 24.6. The Kier molecular flexibility index (Phi) is 4.58. The number of benzene rings is 2. The van der Waals surface area contributed by atoms with Crippen molar-refractivity contribution in [2.45, 2.75) is 19.3 Å². The van der Waals surface area contributed by atoms with E-state index in [9.17, 15) is 9.18 Å². The van der Waals surface area contributed by atoms with Crippen molar-refractivity contribution in [3.05, 3.63) is 60.2 Å². The summed E-state index contributed by atoms with van der Waals surface area (Å²) in [6.45, 7) is 2.94. The van der Waals surface area contributed by atoms with Gasteiger partial charge in [0.2, 0.25) is 17.6 Å². The maximum Gasteiger partial charge on any atom is 0.232 e. The fourth-order valence-electron chi connectivity index (χ4n) is 3.16. The van der Waals surface area contributed by atoms with Crippen LogP contribution >= 0.6 is 0 Å². The van der Waals surface area contributed by atoms with E-state index in [0.717, 1.165) is 11.4 Å². The van der Waals surface area contributed by atoms with Crippen LogP contribution in [0, 0.1) is 5.82 Å². The highest BCUT2D eigenvalue weighted by Gasteiger charge is 2.35. The number of hydrogen-bond donors (Lipinski definition) is 0. The molecule has 3 aromatic rings. The molecule has 0 unspecified atom stereocenters. The van der Waals surface area contributed by atoms with Gasteiger partial charge in [0.1, 0.15) is 11.6 Å². The molecule has 1 amide bonds. The van der Waals surface area contributed by atoms with E-state index in [-0.39, 0.29) is 29.6 Å². The van der Waals surface area contributed by atoms with Crippen LogP contribution in [0.15, 0.2) is 53.1 Å². The summed E-state index contributed by atoms with van der Waals surface area (Å²) in [4.78, 5) is 18.4. The average molecular weight is 367 g/mol. The molecule has 1 fully saturated rings. The molecule has 1 aliphatic heterocycles. The molecule has 7 heteroatoms. The fourth-order valence-corrected chi connectivity index (χ4v) is 3.16. The molecule has 2 aromatic carbocycles. The SMILES string of the molecule is CCOc1ccc(N2C[C@H](c3nc(-c4ccccc4F)no3)CC2=O)cc1. The lowest BCUT2D eigenvalue weighted by Gasteiger charge is -2.16. The maximum atomic E-state index is 13.9. The van der Waals surface area contributed by atoms with Crippen LogP contribution in [-0.2, 0) is 4.79 Å². The number of hydrogen-bond acceptors (Lipinski definition) is 5. The molecule has 1 aliphatic rings. The highest BCUT2D eigenvalue weighted by molar-refractivity contribution is 5.96. The molecular formula is C20H18FN3O3. The van der Waals surface area contributed by atoms with Crippen LogP contribution in [0.25, 0.3) is 11.4 Å². The number of rotatable bonds is 5. The van der Waals surface area contributed by atoms with Gasteiger partial charge >= 0.3 is 0 Å². The van der Waals surface area contributed by atoms with E-state index in [1.54, 1.807) is 23.1 Å². The predicted molar refractivity (Wildman–Crippen MR) is 97.0 cm³/mol. The van der Waals surface area contributed by atoms with Crippen molar-refractivity contribution in [3.63, 3.8) is 0 Å². The monoisotopic (exact) mass is 367 g/mol. The smallest absolute Gasteiger partial charge is 0.232 e. The number of nitrogens with zero attached hydrogens (tertiary/aromatic N) is 3. The number of anilines is 1. The third kappa shape index (κ3) is 3.40. The first-order valence-electron chi connectivity index (χ1n) is 8.77. The molecule has 1 aromatic heterocycles. The lowest BCUT2D eigenvalue weighted by Crippen LogP contribution is -2.24. The molecule has 0 spiro atoms. The Morgan fingerprint density at radius 2 is 2.00 bits per heavy atom. The lowest BCUT2D eigenvalue weighted by molar-refractivity contribution is -0.117. The largest absolute Gasteiger partial charge is 0.494 e. The normalized spacial score (nSPS) is 16.7. The number of carbonyl (C=O) groups excluding carboxylic acids is 1. The zero-order valence-corrected chi connectivity index (χ0v) is 14.8. The molecule has 0 N–H and O–H groups in total. The van der Waals surface area contributed by atoms with E-state index in [1.807, 2.05) is 31.2 Å². The minimum Gasteiger partial charge on any atom is -0.494 e. The van der Waals surface area contributed by atoms with Gasteiger partial charge in [0.25, 0.3) is 0 Å². The van der Waals surface area contributed by atoms with Crippen molar-refractivity contribution in [2.75, 3.05) is 18.1 Å². The van der Waals surface area contributed by atoms with Crippen molar-refractivity contribution in [3.8, 4) is 17.1 Å². The first-order chi connectivity index (χ1) is 13.2. The van der Waals surface area contributed by atoms with E-state index >= 15 is 0 Å². The molecule has 27 heavy (non-hydrogen) atoms. The van der Waals surface area contributed by atoms with Gasteiger partial charge in [0.05, 0.1) is 18.1 Å². The Morgan fingerprint density at radius 3 is 2.74 bits per heavy atom. The van der Waals surface area contributed by atoms with Crippen molar-refractivity contribution in [1.82, 2.24) is 10.1 Å². The molecule has 0 aliphatic carbocycles. The number of halogens is 1. The third-order valence-corrected chi connectivity index (χ3v) is 4.49. The summed E-state index contributed by atoms with van der Waals surface area (Å²) in [7, 11) is 0. The van der Waals surface area contributed by atoms with E-state index in [1.165, 1.54) is 6.07 Å². The standard InChI is InChI=1S/C20H18FN3O3/c1-2-26-15-9-7-14(8-10-15)24-12-13(11-18(24)25)20-22-19(23-27-20)16-5-3-4-6-17(16)21/h3-10,13H,2,11-12H2,1H3/t13-/m1/s1. The van der Waals surface area contributed by atoms with Crippen molar-refractivity contribution in [2.24, 2.45) is 0 Å². The Labute approximate surface area is 155 Å². The van der Waals surface area contributed by atoms with Gasteiger partial charge in [-0.05, 0) is 43.3 Å². The van der Waals surface area contributed by atoms with Gasteiger partial charge in [-0.15, -0.1) is 0 Å². The van der Waals surface area contributed by atoms with Crippen LogP contribution in [0.2, 0.25) is 0 Å². The Balaban J connectivity index is 1.52. The summed E-state index contributed by atoms with van der Waals surface area (Å²) in [6, 6.07) is 13.6. The molecule has 2 heterocycles. The van der Waals surface area contributed by atoms with Crippen molar-refractivity contribution < 1.29 is 18.4 Å². The van der Waals surface area contributed by atoms with Gasteiger partial charge in [-0.25, -0.2) is 4.39 Å². The van der Waals surface area contributed by atoms with Crippen LogP contribution in [0.3, 0.4) is 0 Å². The van der Waals surface area contributed by atoms with Gasteiger partial charge in [-0.3, -0.25) is 4.79 Å². The van der Waals surface area contributed by atoms with Gasteiger partial charge in [-0.1, -0.05) is 17.3 Å². The second kappa shape index (κ2) is 7.19. The fraction of sp³-hybridized carbons (Fsp3) is 0.250. The number of aromatic nitrogens is 2. The molecule has 0 saturated carbocycles. The molecular weight excluding hydrogens is 349 g/mol. The summed E-state index contributed by atoms with van der Waals surface area (Å²) in [6.07, 6.45) is 0.270.